The van der Waals surface area contributed by atoms with E-state index in [9.17, 15) is 18.0 Å². The van der Waals surface area contributed by atoms with Crippen LogP contribution in [0, 0.1) is 0 Å². The first-order valence-corrected chi connectivity index (χ1v) is 14.9. The molecule has 1 aliphatic carbocycles. The molecule has 210 valence electrons. The molecule has 2 aliphatic rings. The van der Waals surface area contributed by atoms with Crippen LogP contribution in [-0.4, -0.2) is 44.0 Å². The Hall–Kier alpha value is -3.89. The van der Waals surface area contributed by atoms with Gasteiger partial charge in [0.15, 0.2) is 11.5 Å². The molecule has 2 amide bonds. The molecule has 3 aromatic rings. The van der Waals surface area contributed by atoms with Crippen molar-refractivity contribution in [2.75, 3.05) is 6.79 Å². The van der Waals surface area contributed by atoms with Crippen LogP contribution in [0.4, 0.5) is 0 Å². The van der Waals surface area contributed by atoms with Gasteiger partial charge in [0.1, 0.15) is 6.04 Å². The van der Waals surface area contributed by atoms with Crippen molar-refractivity contribution < 1.29 is 27.5 Å². The number of sulfonamides is 1. The lowest BCUT2D eigenvalue weighted by Crippen LogP contribution is -2.47. The smallest absolute Gasteiger partial charge is 0.242 e. The van der Waals surface area contributed by atoms with Crippen LogP contribution in [-0.2, 0) is 39.1 Å². The molecule has 2 N–H and O–H groups in total. The molecule has 9 nitrogen and oxygen atoms in total. The average molecular weight is 564 g/mol. The highest BCUT2D eigenvalue weighted by Gasteiger charge is 2.28. The second-order valence-electron chi connectivity index (χ2n) is 10.1. The van der Waals surface area contributed by atoms with Gasteiger partial charge < -0.3 is 19.7 Å². The first-order chi connectivity index (χ1) is 19.3. The van der Waals surface area contributed by atoms with Crippen LogP contribution in [0.15, 0.2) is 77.7 Å². The van der Waals surface area contributed by atoms with Gasteiger partial charge in [0.05, 0.1) is 4.90 Å². The molecule has 0 saturated heterocycles. The number of rotatable bonds is 12. The zero-order chi connectivity index (χ0) is 28.1. The van der Waals surface area contributed by atoms with Crippen molar-refractivity contribution in [3.8, 4) is 11.5 Å². The highest BCUT2D eigenvalue weighted by Crippen LogP contribution is 2.32. The van der Waals surface area contributed by atoms with Gasteiger partial charge in [-0.2, -0.15) is 0 Å². The molecule has 1 aliphatic heterocycles. The number of nitrogens with zero attached hydrogens (tertiary/aromatic N) is 1. The van der Waals surface area contributed by atoms with Crippen molar-refractivity contribution in [3.05, 3.63) is 89.5 Å². The lowest BCUT2D eigenvalue weighted by molar-refractivity contribution is -0.140. The zero-order valence-corrected chi connectivity index (χ0v) is 23.2. The second-order valence-corrected chi connectivity index (χ2v) is 11.8. The van der Waals surface area contributed by atoms with Crippen molar-refractivity contribution in [3.63, 3.8) is 0 Å². The number of benzene rings is 3. The standard InChI is InChI=1S/C30H33N3O6S/c1-21(30(35)31-18-24-9-15-27-28(17-24)39-20-38-27)33(19-23-5-3-2-4-6-23)29(34)16-10-22-7-13-26(14-8-22)40(36,37)32-25-11-12-25/h2-9,13-15,17,21,25,32H,10-12,16,18-20H2,1H3,(H,31,35). The van der Waals surface area contributed by atoms with Crippen LogP contribution in [0.3, 0.4) is 0 Å². The van der Waals surface area contributed by atoms with E-state index in [1.54, 1.807) is 36.1 Å². The summed E-state index contributed by atoms with van der Waals surface area (Å²) in [6.45, 7) is 2.49. The predicted octanol–water partition coefficient (Wildman–Crippen LogP) is 3.52. The number of amides is 2. The maximum absolute atomic E-state index is 13.4. The molecule has 40 heavy (non-hydrogen) atoms. The van der Waals surface area contributed by atoms with Gasteiger partial charge in [-0.1, -0.05) is 48.5 Å². The number of hydrogen-bond donors (Lipinski definition) is 2. The molecular weight excluding hydrogens is 530 g/mol. The number of nitrogens with one attached hydrogen (secondary N) is 2. The molecule has 1 fully saturated rings. The summed E-state index contributed by atoms with van der Waals surface area (Å²) in [4.78, 5) is 28.4. The Bertz CT molecular complexity index is 1460. The molecule has 1 unspecified atom stereocenters. The molecule has 1 atom stereocenters. The van der Waals surface area contributed by atoms with Gasteiger partial charge in [0, 0.05) is 25.6 Å². The van der Waals surface area contributed by atoms with Gasteiger partial charge >= 0.3 is 0 Å². The van der Waals surface area contributed by atoms with E-state index in [0.29, 0.717) is 24.5 Å². The number of hydrogen-bond acceptors (Lipinski definition) is 6. The summed E-state index contributed by atoms with van der Waals surface area (Å²) >= 11 is 0. The fraction of sp³-hybridized carbons (Fsp3) is 0.333. The second kappa shape index (κ2) is 12.1. The fourth-order valence-corrected chi connectivity index (χ4v) is 5.77. The van der Waals surface area contributed by atoms with Crippen LogP contribution in [0.25, 0.3) is 0 Å². The summed E-state index contributed by atoms with van der Waals surface area (Å²) in [5.74, 6) is 0.890. The molecular formula is C30H33N3O6S. The Balaban J connectivity index is 1.22. The van der Waals surface area contributed by atoms with Gasteiger partial charge in [-0.05, 0) is 67.1 Å². The molecule has 0 radical (unpaired) electrons. The van der Waals surface area contributed by atoms with E-state index in [0.717, 1.165) is 29.5 Å². The van der Waals surface area contributed by atoms with Gasteiger partial charge in [-0.3, -0.25) is 9.59 Å². The lowest BCUT2D eigenvalue weighted by Gasteiger charge is -2.29. The third-order valence-electron chi connectivity index (χ3n) is 7.03. The van der Waals surface area contributed by atoms with E-state index in [1.807, 2.05) is 48.5 Å². The Morgan fingerprint density at radius 3 is 2.35 bits per heavy atom. The van der Waals surface area contributed by atoms with E-state index in [1.165, 1.54) is 0 Å². The Kier molecular flexibility index (Phi) is 8.37. The predicted molar refractivity (Wildman–Crippen MR) is 149 cm³/mol. The summed E-state index contributed by atoms with van der Waals surface area (Å²) < 4.78 is 38.3. The van der Waals surface area contributed by atoms with E-state index in [2.05, 4.69) is 10.0 Å². The minimum absolute atomic E-state index is 0.0362. The third kappa shape index (κ3) is 7.00. The Morgan fingerprint density at radius 2 is 1.62 bits per heavy atom. The summed E-state index contributed by atoms with van der Waals surface area (Å²) in [6.07, 6.45) is 2.34. The number of fused-ring (bicyclic) bond motifs is 1. The molecule has 5 rings (SSSR count). The van der Waals surface area contributed by atoms with Crippen LogP contribution in [0.1, 0.15) is 42.9 Å². The molecule has 0 bridgehead atoms. The number of ether oxygens (including phenoxy) is 2. The Labute approximate surface area is 234 Å². The summed E-state index contributed by atoms with van der Waals surface area (Å²) in [7, 11) is -3.53. The van der Waals surface area contributed by atoms with Crippen molar-refractivity contribution in [1.82, 2.24) is 14.9 Å². The van der Waals surface area contributed by atoms with Crippen LogP contribution in [0.5, 0.6) is 11.5 Å². The molecule has 0 spiro atoms. The van der Waals surface area contributed by atoms with Crippen molar-refractivity contribution >= 4 is 21.8 Å². The van der Waals surface area contributed by atoms with Gasteiger partial charge in [0.2, 0.25) is 28.6 Å². The van der Waals surface area contributed by atoms with Crippen molar-refractivity contribution in [1.29, 1.82) is 0 Å². The molecule has 3 aromatic carbocycles. The van der Waals surface area contributed by atoms with E-state index in [-0.39, 0.29) is 42.5 Å². The lowest BCUT2D eigenvalue weighted by atomic mass is 10.1. The summed E-state index contributed by atoms with van der Waals surface area (Å²) in [6, 6.07) is 21.0. The molecule has 0 aromatic heterocycles. The minimum Gasteiger partial charge on any atom is -0.454 e. The summed E-state index contributed by atoms with van der Waals surface area (Å²) in [5, 5.41) is 2.93. The summed E-state index contributed by atoms with van der Waals surface area (Å²) in [5.41, 5.74) is 2.63. The first-order valence-electron chi connectivity index (χ1n) is 13.4. The Morgan fingerprint density at radius 1 is 0.925 bits per heavy atom. The van der Waals surface area contributed by atoms with E-state index >= 15 is 0 Å². The zero-order valence-electron chi connectivity index (χ0n) is 22.3. The maximum Gasteiger partial charge on any atom is 0.242 e. The highest BCUT2D eigenvalue weighted by molar-refractivity contribution is 7.89. The first kappa shape index (κ1) is 27.7. The topological polar surface area (TPSA) is 114 Å². The third-order valence-corrected chi connectivity index (χ3v) is 8.56. The van der Waals surface area contributed by atoms with Crippen molar-refractivity contribution in [2.45, 2.75) is 62.7 Å². The van der Waals surface area contributed by atoms with Gasteiger partial charge in [0.25, 0.3) is 0 Å². The van der Waals surface area contributed by atoms with Crippen LogP contribution < -0.4 is 19.5 Å². The van der Waals surface area contributed by atoms with Gasteiger partial charge in [-0.15, -0.1) is 0 Å². The number of carbonyl (C=O) groups is 2. The van der Waals surface area contributed by atoms with Gasteiger partial charge in [-0.25, -0.2) is 13.1 Å². The largest absolute Gasteiger partial charge is 0.454 e. The minimum atomic E-state index is -3.53. The highest BCUT2D eigenvalue weighted by atomic mass is 32.2. The fourth-order valence-electron chi connectivity index (χ4n) is 4.47. The quantitative estimate of drug-likeness (QED) is 0.349. The van der Waals surface area contributed by atoms with Crippen LogP contribution >= 0.6 is 0 Å². The van der Waals surface area contributed by atoms with Crippen molar-refractivity contribution in [2.24, 2.45) is 0 Å². The number of aryl methyl sites for hydroxylation is 1. The van der Waals surface area contributed by atoms with E-state index in [4.69, 9.17) is 9.47 Å². The monoisotopic (exact) mass is 563 g/mol. The SMILES string of the molecule is CC(C(=O)NCc1ccc2c(c1)OCO2)N(Cc1ccccc1)C(=O)CCc1ccc(S(=O)(=O)NC2CC2)cc1. The maximum atomic E-state index is 13.4. The van der Waals surface area contributed by atoms with E-state index < -0.39 is 16.1 Å². The van der Waals surface area contributed by atoms with Crippen LogP contribution in [0.2, 0.25) is 0 Å². The molecule has 10 heteroatoms. The number of carbonyl (C=O) groups excluding carboxylic acids is 2. The average Bonchev–Trinajstić information content (AvgIpc) is 3.64. The molecule has 1 heterocycles. The normalized spacial score (nSPS) is 14.9. The molecule has 1 saturated carbocycles.